The van der Waals surface area contributed by atoms with E-state index >= 15 is 0 Å². The molecule has 1 fully saturated rings. The maximum atomic E-state index is 12.8. The summed E-state index contributed by atoms with van der Waals surface area (Å²) in [7, 11) is 1.73. The topological polar surface area (TPSA) is 92.9 Å². The fourth-order valence-corrected chi connectivity index (χ4v) is 3.74. The lowest BCUT2D eigenvalue weighted by molar-refractivity contribution is 0.495. The summed E-state index contributed by atoms with van der Waals surface area (Å²) in [6.45, 7) is 1.99. The molecule has 1 aromatic carbocycles. The van der Waals surface area contributed by atoms with E-state index in [1.165, 1.54) is 0 Å². The van der Waals surface area contributed by atoms with Gasteiger partial charge in [0.25, 0.3) is 5.56 Å². The molecule has 1 atom stereocenters. The number of aromatic nitrogens is 3. The molecule has 0 saturated carbocycles. The molecule has 7 heteroatoms. The van der Waals surface area contributed by atoms with Gasteiger partial charge >= 0.3 is 0 Å². The standard InChI is InChI=1S/C20H22N6O/c1-24-10-8-17-18(19(24)27)26(12-15-6-3-2-5-14(15)11-21)20(23-17)25-9-4-7-16(22)13-25/h2-3,5-6,8,10,16H,4,7,9,12-13,22H2,1H3. The van der Waals surface area contributed by atoms with E-state index in [9.17, 15) is 10.1 Å². The van der Waals surface area contributed by atoms with Crippen LogP contribution in [0.5, 0.6) is 0 Å². The third-order valence-corrected chi connectivity index (χ3v) is 5.16. The zero-order valence-corrected chi connectivity index (χ0v) is 15.3. The average Bonchev–Trinajstić information content (AvgIpc) is 3.04. The Bertz CT molecular complexity index is 1090. The molecule has 0 aliphatic carbocycles. The van der Waals surface area contributed by atoms with E-state index in [1.54, 1.807) is 23.9 Å². The van der Waals surface area contributed by atoms with Crippen LogP contribution >= 0.6 is 0 Å². The van der Waals surface area contributed by atoms with Gasteiger partial charge in [-0.2, -0.15) is 5.26 Å². The Kier molecular flexibility index (Phi) is 4.42. The maximum absolute atomic E-state index is 12.8. The average molecular weight is 362 g/mol. The summed E-state index contributed by atoms with van der Waals surface area (Å²) in [5, 5.41) is 9.44. The van der Waals surface area contributed by atoms with Crippen molar-refractivity contribution < 1.29 is 0 Å². The molecule has 0 radical (unpaired) electrons. The van der Waals surface area contributed by atoms with Crippen molar-refractivity contribution in [3.8, 4) is 6.07 Å². The first-order chi connectivity index (χ1) is 13.1. The fourth-order valence-electron chi connectivity index (χ4n) is 3.74. The van der Waals surface area contributed by atoms with E-state index in [4.69, 9.17) is 10.7 Å². The van der Waals surface area contributed by atoms with Gasteiger partial charge in [0.2, 0.25) is 5.95 Å². The van der Waals surface area contributed by atoms with Crippen LogP contribution in [0.3, 0.4) is 0 Å². The van der Waals surface area contributed by atoms with Crippen LogP contribution in [0.15, 0.2) is 41.3 Å². The van der Waals surface area contributed by atoms with Crippen molar-refractivity contribution in [2.45, 2.75) is 25.4 Å². The van der Waals surface area contributed by atoms with E-state index in [0.29, 0.717) is 29.7 Å². The SMILES string of the molecule is Cn1ccc2nc(N3CCCC(N)C3)n(Cc3ccccc3C#N)c2c1=O. The predicted octanol–water partition coefficient (Wildman–Crippen LogP) is 1.58. The summed E-state index contributed by atoms with van der Waals surface area (Å²) in [6.07, 6.45) is 3.73. The molecule has 7 nitrogen and oxygen atoms in total. The van der Waals surface area contributed by atoms with Gasteiger partial charge in [0.1, 0.15) is 5.52 Å². The van der Waals surface area contributed by atoms with Crippen LogP contribution in [0, 0.1) is 11.3 Å². The molecule has 1 aliphatic rings. The van der Waals surface area contributed by atoms with Crippen molar-refractivity contribution in [1.82, 2.24) is 14.1 Å². The Morgan fingerprint density at radius 3 is 2.93 bits per heavy atom. The third-order valence-electron chi connectivity index (χ3n) is 5.16. The number of benzene rings is 1. The molecule has 3 aromatic rings. The van der Waals surface area contributed by atoms with Crippen molar-refractivity contribution in [1.29, 1.82) is 5.26 Å². The number of nitriles is 1. The number of piperidine rings is 1. The molecule has 1 aliphatic heterocycles. The van der Waals surface area contributed by atoms with Gasteiger partial charge in [-0.3, -0.25) is 4.79 Å². The summed E-state index contributed by atoms with van der Waals surface area (Å²) < 4.78 is 3.49. The van der Waals surface area contributed by atoms with E-state index in [-0.39, 0.29) is 11.6 Å². The summed E-state index contributed by atoms with van der Waals surface area (Å²) in [5.74, 6) is 0.746. The summed E-state index contributed by atoms with van der Waals surface area (Å²) in [5.41, 5.74) is 8.77. The Hall–Kier alpha value is -3.11. The number of hydrogen-bond acceptors (Lipinski definition) is 5. The van der Waals surface area contributed by atoms with Crippen molar-refractivity contribution in [3.63, 3.8) is 0 Å². The highest BCUT2D eigenvalue weighted by Gasteiger charge is 2.24. The molecular weight excluding hydrogens is 340 g/mol. The number of nitrogens with two attached hydrogens (primary N) is 1. The van der Waals surface area contributed by atoms with Gasteiger partial charge in [-0.05, 0) is 30.5 Å². The van der Waals surface area contributed by atoms with E-state index in [1.807, 2.05) is 28.8 Å². The van der Waals surface area contributed by atoms with Gasteiger partial charge in [0.15, 0.2) is 0 Å². The smallest absolute Gasteiger partial charge is 0.276 e. The normalized spacial score (nSPS) is 17.2. The van der Waals surface area contributed by atoms with Gasteiger partial charge in [0, 0.05) is 32.4 Å². The van der Waals surface area contributed by atoms with E-state index in [2.05, 4.69) is 11.0 Å². The van der Waals surface area contributed by atoms with Gasteiger partial charge < -0.3 is 19.8 Å². The highest BCUT2D eigenvalue weighted by atomic mass is 16.1. The minimum Gasteiger partial charge on any atom is -0.341 e. The second-order valence-electron chi connectivity index (χ2n) is 7.08. The first kappa shape index (κ1) is 17.3. The minimum absolute atomic E-state index is 0.0954. The molecule has 2 aromatic heterocycles. The van der Waals surface area contributed by atoms with Gasteiger partial charge in [-0.25, -0.2) is 4.98 Å². The van der Waals surface area contributed by atoms with Crippen LogP contribution in [0.2, 0.25) is 0 Å². The molecule has 1 unspecified atom stereocenters. The number of anilines is 1. The second-order valence-corrected chi connectivity index (χ2v) is 7.08. The third kappa shape index (κ3) is 3.09. The van der Waals surface area contributed by atoms with Crippen LogP contribution in [0.1, 0.15) is 24.0 Å². The molecule has 27 heavy (non-hydrogen) atoms. The molecular formula is C20H22N6O. The summed E-state index contributed by atoms with van der Waals surface area (Å²) in [4.78, 5) is 19.8. The molecule has 0 bridgehead atoms. The lowest BCUT2D eigenvalue weighted by Crippen LogP contribution is -2.44. The Morgan fingerprint density at radius 1 is 1.33 bits per heavy atom. The van der Waals surface area contributed by atoms with Crippen molar-refractivity contribution in [3.05, 3.63) is 58.0 Å². The number of aryl methyl sites for hydroxylation is 1. The number of fused-ring (bicyclic) bond motifs is 1. The molecule has 0 amide bonds. The lowest BCUT2D eigenvalue weighted by Gasteiger charge is -2.32. The molecule has 4 rings (SSSR count). The largest absolute Gasteiger partial charge is 0.341 e. The highest BCUT2D eigenvalue weighted by molar-refractivity contribution is 5.78. The summed E-state index contributed by atoms with van der Waals surface area (Å²) in [6, 6.07) is 11.7. The predicted molar refractivity (Wildman–Crippen MR) is 105 cm³/mol. The molecule has 138 valence electrons. The fraction of sp³-hybridized carbons (Fsp3) is 0.350. The zero-order chi connectivity index (χ0) is 19.0. The van der Waals surface area contributed by atoms with Gasteiger partial charge in [-0.15, -0.1) is 0 Å². The highest BCUT2D eigenvalue weighted by Crippen LogP contribution is 2.25. The van der Waals surface area contributed by atoms with Crippen LogP contribution < -0.4 is 16.2 Å². The van der Waals surface area contributed by atoms with Crippen molar-refractivity contribution in [2.75, 3.05) is 18.0 Å². The van der Waals surface area contributed by atoms with E-state index in [0.717, 1.165) is 30.9 Å². The molecule has 3 heterocycles. The summed E-state index contributed by atoms with van der Waals surface area (Å²) >= 11 is 0. The van der Waals surface area contributed by atoms with E-state index < -0.39 is 0 Å². The first-order valence-corrected chi connectivity index (χ1v) is 9.13. The Balaban J connectivity index is 1.90. The monoisotopic (exact) mass is 362 g/mol. The molecule has 1 saturated heterocycles. The van der Waals surface area contributed by atoms with Crippen LogP contribution in [0.4, 0.5) is 5.95 Å². The number of hydrogen-bond donors (Lipinski definition) is 1. The van der Waals surface area contributed by atoms with Crippen molar-refractivity contribution in [2.24, 2.45) is 12.8 Å². The quantitative estimate of drug-likeness (QED) is 0.764. The minimum atomic E-state index is -0.0954. The first-order valence-electron chi connectivity index (χ1n) is 9.13. The number of nitrogens with zero attached hydrogens (tertiary/aromatic N) is 5. The maximum Gasteiger partial charge on any atom is 0.276 e. The second kappa shape index (κ2) is 6.89. The van der Waals surface area contributed by atoms with Crippen LogP contribution in [-0.4, -0.2) is 33.2 Å². The number of rotatable bonds is 3. The van der Waals surface area contributed by atoms with Crippen molar-refractivity contribution >= 4 is 17.0 Å². The Labute approximate surface area is 157 Å². The number of pyridine rings is 1. The Morgan fingerprint density at radius 2 is 2.15 bits per heavy atom. The molecule has 0 spiro atoms. The zero-order valence-electron chi connectivity index (χ0n) is 15.3. The molecule has 2 N–H and O–H groups in total. The number of imidazole rings is 1. The van der Waals surface area contributed by atoms with Crippen LogP contribution in [-0.2, 0) is 13.6 Å². The van der Waals surface area contributed by atoms with Gasteiger partial charge in [-0.1, -0.05) is 18.2 Å². The van der Waals surface area contributed by atoms with Crippen LogP contribution in [0.25, 0.3) is 11.0 Å². The van der Waals surface area contributed by atoms with Gasteiger partial charge in [0.05, 0.1) is 23.7 Å². The lowest BCUT2D eigenvalue weighted by atomic mass is 10.1.